The Balaban J connectivity index is 2.12. The van der Waals surface area contributed by atoms with Gasteiger partial charge in [0.2, 0.25) is 10.0 Å². The fourth-order valence-electron chi connectivity index (χ4n) is 2.06. The Bertz CT molecular complexity index is 559. The van der Waals surface area contributed by atoms with E-state index in [1.54, 1.807) is 18.3 Å². The highest BCUT2D eigenvalue weighted by Gasteiger charge is 2.27. The first-order valence-electron chi connectivity index (χ1n) is 6.98. The molecular weight excluding hydrogens is 274 g/mol. The fraction of sp³-hybridized carbons (Fsp3) is 0.571. The van der Waals surface area contributed by atoms with E-state index >= 15 is 0 Å². The summed E-state index contributed by atoms with van der Waals surface area (Å²) in [6.45, 7) is 8.36. The third-order valence-corrected chi connectivity index (χ3v) is 5.39. The molecule has 1 saturated carbocycles. The summed E-state index contributed by atoms with van der Waals surface area (Å²) in [5.74, 6) is 0. The molecule has 1 aliphatic rings. The van der Waals surface area contributed by atoms with Crippen LogP contribution in [-0.4, -0.2) is 36.3 Å². The molecule has 0 atom stereocenters. The number of rotatable bonds is 8. The van der Waals surface area contributed by atoms with Crippen molar-refractivity contribution in [1.82, 2.24) is 14.6 Å². The zero-order chi connectivity index (χ0) is 14.8. The van der Waals surface area contributed by atoms with Crippen LogP contribution >= 0.6 is 0 Å². The predicted octanol–water partition coefficient (Wildman–Crippen LogP) is 1.85. The summed E-state index contributed by atoms with van der Waals surface area (Å²) >= 11 is 0. The molecule has 112 valence electrons. The van der Waals surface area contributed by atoms with E-state index in [1.807, 2.05) is 13.8 Å². The van der Waals surface area contributed by atoms with E-state index < -0.39 is 10.0 Å². The van der Waals surface area contributed by atoms with Gasteiger partial charge in [0, 0.05) is 37.1 Å². The molecule has 2 rings (SSSR count). The number of hydrogen-bond donors (Lipinski definition) is 2. The highest BCUT2D eigenvalue weighted by Crippen LogP contribution is 2.21. The largest absolute Gasteiger partial charge is 0.363 e. The van der Waals surface area contributed by atoms with Gasteiger partial charge in [0.05, 0.1) is 4.90 Å². The maximum atomic E-state index is 12.6. The van der Waals surface area contributed by atoms with Crippen molar-refractivity contribution >= 4 is 10.0 Å². The second-order valence-electron chi connectivity index (χ2n) is 5.47. The molecule has 20 heavy (non-hydrogen) atoms. The Hall–Kier alpha value is -1.11. The minimum atomic E-state index is -3.46. The van der Waals surface area contributed by atoms with Crippen molar-refractivity contribution in [3.8, 4) is 0 Å². The molecule has 1 aromatic rings. The number of sulfonamides is 1. The fourth-order valence-corrected chi connectivity index (χ4v) is 3.69. The van der Waals surface area contributed by atoms with Gasteiger partial charge in [-0.15, -0.1) is 6.58 Å². The summed E-state index contributed by atoms with van der Waals surface area (Å²) in [5.41, 5.74) is 0.901. The monoisotopic (exact) mass is 297 g/mol. The lowest BCUT2D eigenvalue weighted by atomic mass is 10.4. The third kappa shape index (κ3) is 3.50. The molecule has 0 radical (unpaired) electrons. The molecule has 1 aliphatic carbocycles. The van der Waals surface area contributed by atoms with E-state index in [0.29, 0.717) is 24.0 Å². The Morgan fingerprint density at radius 2 is 2.25 bits per heavy atom. The second-order valence-corrected chi connectivity index (χ2v) is 7.36. The summed E-state index contributed by atoms with van der Waals surface area (Å²) in [4.78, 5) is 3.36. The minimum absolute atomic E-state index is 0.0964. The van der Waals surface area contributed by atoms with Gasteiger partial charge in [0.15, 0.2) is 0 Å². The first kappa shape index (κ1) is 15.3. The van der Waals surface area contributed by atoms with Crippen molar-refractivity contribution in [3.63, 3.8) is 0 Å². The van der Waals surface area contributed by atoms with Crippen LogP contribution < -0.4 is 5.32 Å². The Morgan fingerprint density at radius 3 is 2.80 bits per heavy atom. The van der Waals surface area contributed by atoms with E-state index in [4.69, 9.17) is 0 Å². The predicted molar refractivity (Wildman–Crippen MR) is 79.9 cm³/mol. The average Bonchev–Trinajstić information content (AvgIpc) is 3.09. The van der Waals surface area contributed by atoms with Gasteiger partial charge in [-0.1, -0.05) is 6.08 Å². The lowest BCUT2D eigenvalue weighted by Crippen LogP contribution is -2.36. The molecule has 0 spiro atoms. The van der Waals surface area contributed by atoms with Crippen molar-refractivity contribution < 1.29 is 8.42 Å². The minimum Gasteiger partial charge on any atom is -0.363 e. The summed E-state index contributed by atoms with van der Waals surface area (Å²) < 4.78 is 26.6. The zero-order valence-corrected chi connectivity index (χ0v) is 12.9. The van der Waals surface area contributed by atoms with Gasteiger partial charge < -0.3 is 10.3 Å². The van der Waals surface area contributed by atoms with Gasteiger partial charge >= 0.3 is 0 Å². The van der Waals surface area contributed by atoms with Crippen LogP contribution in [0.5, 0.6) is 0 Å². The number of nitrogens with zero attached hydrogens (tertiary/aromatic N) is 1. The molecule has 5 nitrogen and oxygen atoms in total. The van der Waals surface area contributed by atoms with Crippen molar-refractivity contribution in [2.75, 3.05) is 6.54 Å². The number of aromatic nitrogens is 1. The molecule has 0 amide bonds. The van der Waals surface area contributed by atoms with Crippen molar-refractivity contribution in [1.29, 1.82) is 0 Å². The van der Waals surface area contributed by atoms with Gasteiger partial charge in [-0.05, 0) is 32.8 Å². The highest BCUT2D eigenvalue weighted by atomic mass is 32.2. The normalized spacial score (nSPS) is 16.0. The zero-order valence-electron chi connectivity index (χ0n) is 12.1. The molecule has 0 aliphatic heterocycles. The van der Waals surface area contributed by atoms with Crippen LogP contribution in [0.3, 0.4) is 0 Å². The highest BCUT2D eigenvalue weighted by molar-refractivity contribution is 7.89. The van der Waals surface area contributed by atoms with Gasteiger partial charge in [-0.25, -0.2) is 8.42 Å². The second kappa shape index (κ2) is 6.11. The van der Waals surface area contributed by atoms with Crippen molar-refractivity contribution in [2.45, 2.75) is 50.2 Å². The number of aromatic amines is 1. The van der Waals surface area contributed by atoms with Crippen molar-refractivity contribution in [2.24, 2.45) is 0 Å². The molecule has 0 aromatic carbocycles. The summed E-state index contributed by atoms with van der Waals surface area (Å²) in [5, 5.41) is 3.36. The first-order valence-corrected chi connectivity index (χ1v) is 8.42. The van der Waals surface area contributed by atoms with Gasteiger partial charge in [0.25, 0.3) is 0 Å². The first-order chi connectivity index (χ1) is 9.45. The van der Waals surface area contributed by atoms with Crippen LogP contribution in [-0.2, 0) is 16.6 Å². The third-order valence-electron chi connectivity index (χ3n) is 3.37. The van der Waals surface area contributed by atoms with Crippen LogP contribution in [0.15, 0.2) is 29.8 Å². The van der Waals surface area contributed by atoms with Gasteiger partial charge in [-0.3, -0.25) is 0 Å². The molecule has 1 aromatic heterocycles. The lowest BCUT2D eigenvalue weighted by Gasteiger charge is -2.23. The number of H-pyrrole nitrogens is 1. The maximum absolute atomic E-state index is 12.6. The molecule has 6 heteroatoms. The van der Waals surface area contributed by atoms with Crippen LogP contribution in [0, 0.1) is 0 Å². The average molecular weight is 297 g/mol. The Labute approximate surface area is 121 Å². The maximum Gasteiger partial charge on any atom is 0.245 e. The van der Waals surface area contributed by atoms with E-state index in [2.05, 4.69) is 16.9 Å². The number of nitrogens with one attached hydrogen (secondary N) is 2. The van der Waals surface area contributed by atoms with E-state index in [0.717, 1.165) is 5.69 Å². The molecule has 0 bridgehead atoms. The molecule has 0 unspecified atom stereocenters. The Morgan fingerprint density at radius 1 is 1.55 bits per heavy atom. The molecule has 2 N–H and O–H groups in total. The summed E-state index contributed by atoms with van der Waals surface area (Å²) in [6, 6.07) is 2.22. The van der Waals surface area contributed by atoms with Crippen LogP contribution in [0.25, 0.3) is 0 Å². The standard InChI is InChI=1S/C14H23N3O2S/c1-4-7-17(11(2)3)20(18,19)14-8-13(16-10-14)9-15-12-5-6-12/h4,8,10-12,15-16H,1,5-7,9H2,2-3H3. The molecule has 1 fully saturated rings. The van der Waals surface area contributed by atoms with Gasteiger partial charge in [-0.2, -0.15) is 4.31 Å². The smallest absolute Gasteiger partial charge is 0.245 e. The summed E-state index contributed by atoms with van der Waals surface area (Å²) in [6.07, 6.45) is 5.61. The van der Waals surface area contributed by atoms with E-state index in [1.165, 1.54) is 17.1 Å². The van der Waals surface area contributed by atoms with Crippen LogP contribution in [0.2, 0.25) is 0 Å². The van der Waals surface area contributed by atoms with Gasteiger partial charge in [0.1, 0.15) is 0 Å². The topological polar surface area (TPSA) is 65.2 Å². The molecular formula is C14H23N3O2S. The molecule has 0 saturated heterocycles. The number of hydrogen-bond acceptors (Lipinski definition) is 3. The van der Waals surface area contributed by atoms with E-state index in [-0.39, 0.29) is 6.04 Å². The quantitative estimate of drug-likeness (QED) is 0.720. The summed E-state index contributed by atoms with van der Waals surface area (Å²) in [7, 11) is -3.46. The van der Waals surface area contributed by atoms with Crippen molar-refractivity contribution in [3.05, 3.63) is 30.6 Å². The van der Waals surface area contributed by atoms with Crippen LogP contribution in [0.1, 0.15) is 32.4 Å². The lowest BCUT2D eigenvalue weighted by molar-refractivity contribution is 0.383. The van der Waals surface area contributed by atoms with E-state index in [9.17, 15) is 8.42 Å². The SMILES string of the molecule is C=CCN(C(C)C)S(=O)(=O)c1c[nH]c(CNC2CC2)c1. The Kier molecular flexibility index (Phi) is 4.67. The van der Waals surface area contributed by atoms with Crippen LogP contribution in [0.4, 0.5) is 0 Å². The molecule has 1 heterocycles.